The fraction of sp³-hybridized carbons (Fsp3) is 0.500. The molecule has 1 fully saturated rings. The summed E-state index contributed by atoms with van der Waals surface area (Å²) >= 11 is 0. The van der Waals surface area contributed by atoms with Crippen LogP contribution in [0.4, 0.5) is 11.5 Å². The van der Waals surface area contributed by atoms with Gasteiger partial charge in [-0.3, -0.25) is 0 Å². The Kier molecular flexibility index (Phi) is 2.54. The van der Waals surface area contributed by atoms with Gasteiger partial charge in [0.1, 0.15) is 5.82 Å². The summed E-state index contributed by atoms with van der Waals surface area (Å²) < 4.78 is 0. The van der Waals surface area contributed by atoms with E-state index in [1.165, 1.54) is 0 Å². The molecule has 0 saturated heterocycles. The average Bonchev–Trinajstić information content (AvgIpc) is 2.11. The van der Waals surface area contributed by atoms with Gasteiger partial charge < -0.3 is 16.2 Å². The van der Waals surface area contributed by atoms with Gasteiger partial charge in [0, 0.05) is 24.5 Å². The second-order valence-corrected chi connectivity index (χ2v) is 3.85. The lowest BCUT2D eigenvalue weighted by Crippen LogP contribution is -2.33. The molecule has 1 aliphatic carbocycles. The van der Waals surface area contributed by atoms with Crippen LogP contribution in [-0.2, 0) is 0 Å². The number of hydrogen-bond donors (Lipinski definition) is 3. The van der Waals surface area contributed by atoms with Crippen molar-refractivity contribution in [3.63, 3.8) is 0 Å². The fourth-order valence-electron chi connectivity index (χ4n) is 1.66. The van der Waals surface area contributed by atoms with Gasteiger partial charge in [0.05, 0.1) is 6.10 Å². The number of aliphatic hydroxyl groups is 1. The number of pyridine rings is 1. The van der Waals surface area contributed by atoms with E-state index in [2.05, 4.69) is 10.3 Å². The van der Waals surface area contributed by atoms with E-state index in [4.69, 9.17) is 10.8 Å². The van der Waals surface area contributed by atoms with E-state index < -0.39 is 0 Å². The van der Waals surface area contributed by atoms with E-state index in [-0.39, 0.29) is 6.10 Å². The van der Waals surface area contributed by atoms with Crippen molar-refractivity contribution >= 4 is 11.5 Å². The smallest absolute Gasteiger partial charge is 0.127 e. The number of hydrogen-bond acceptors (Lipinski definition) is 4. The molecule has 1 aromatic rings. The summed E-state index contributed by atoms with van der Waals surface area (Å²) in [6.45, 7) is 0.869. The first kappa shape index (κ1) is 9.27. The van der Waals surface area contributed by atoms with Crippen LogP contribution in [-0.4, -0.2) is 22.7 Å². The lowest BCUT2D eigenvalue weighted by molar-refractivity contribution is 0.0486. The molecule has 1 saturated carbocycles. The minimum Gasteiger partial charge on any atom is -0.399 e. The number of nitrogens with zero attached hydrogens (tertiary/aromatic N) is 1. The molecule has 4 N–H and O–H groups in total. The first-order chi connectivity index (χ1) is 6.74. The zero-order valence-electron chi connectivity index (χ0n) is 7.98. The van der Waals surface area contributed by atoms with Gasteiger partial charge in [0.25, 0.3) is 0 Å². The topological polar surface area (TPSA) is 71.2 Å². The molecule has 0 unspecified atom stereocenters. The van der Waals surface area contributed by atoms with Crippen LogP contribution in [0.25, 0.3) is 0 Å². The number of nitrogens with one attached hydrogen (secondary N) is 1. The quantitative estimate of drug-likeness (QED) is 0.665. The SMILES string of the molecule is Nc1ccnc(NCC2CC(O)C2)c1. The zero-order chi connectivity index (χ0) is 9.97. The molecular formula is C10H15N3O. The summed E-state index contributed by atoms with van der Waals surface area (Å²) in [4.78, 5) is 4.14. The lowest BCUT2D eigenvalue weighted by atomic mass is 9.82. The van der Waals surface area contributed by atoms with Crippen molar-refractivity contribution in [2.45, 2.75) is 18.9 Å². The van der Waals surface area contributed by atoms with Gasteiger partial charge >= 0.3 is 0 Å². The van der Waals surface area contributed by atoms with E-state index in [0.717, 1.165) is 30.9 Å². The third-order valence-corrected chi connectivity index (χ3v) is 2.57. The molecule has 0 spiro atoms. The van der Waals surface area contributed by atoms with Crippen LogP contribution in [0.5, 0.6) is 0 Å². The van der Waals surface area contributed by atoms with Crippen molar-refractivity contribution < 1.29 is 5.11 Å². The highest BCUT2D eigenvalue weighted by atomic mass is 16.3. The molecule has 0 radical (unpaired) electrons. The Morgan fingerprint density at radius 1 is 1.57 bits per heavy atom. The van der Waals surface area contributed by atoms with Crippen LogP contribution >= 0.6 is 0 Å². The van der Waals surface area contributed by atoms with Gasteiger partial charge in [0.15, 0.2) is 0 Å². The van der Waals surface area contributed by atoms with Crippen molar-refractivity contribution in [3.8, 4) is 0 Å². The van der Waals surface area contributed by atoms with Crippen LogP contribution in [0, 0.1) is 5.92 Å². The summed E-state index contributed by atoms with van der Waals surface area (Å²) in [7, 11) is 0. The van der Waals surface area contributed by atoms with E-state index >= 15 is 0 Å². The molecule has 1 aliphatic rings. The van der Waals surface area contributed by atoms with Crippen molar-refractivity contribution in [3.05, 3.63) is 18.3 Å². The van der Waals surface area contributed by atoms with Crippen LogP contribution in [0.2, 0.25) is 0 Å². The minimum absolute atomic E-state index is 0.0874. The maximum absolute atomic E-state index is 9.10. The number of nitrogen functional groups attached to an aromatic ring is 1. The van der Waals surface area contributed by atoms with Crippen LogP contribution in [0.1, 0.15) is 12.8 Å². The Hall–Kier alpha value is -1.29. The first-order valence-corrected chi connectivity index (χ1v) is 4.87. The van der Waals surface area contributed by atoms with Gasteiger partial charge in [-0.15, -0.1) is 0 Å². The molecule has 1 heterocycles. The van der Waals surface area contributed by atoms with Crippen molar-refractivity contribution in [1.29, 1.82) is 0 Å². The van der Waals surface area contributed by atoms with E-state index in [1.54, 1.807) is 12.3 Å². The molecule has 4 heteroatoms. The molecule has 0 aromatic carbocycles. The minimum atomic E-state index is -0.0874. The van der Waals surface area contributed by atoms with Crippen LogP contribution in [0.15, 0.2) is 18.3 Å². The highest BCUT2D eigenvalue weighted by molar-refractivity contribution is 5.48. The molecule has 0 aliphatic heterocycles. The third kappa shape index (κ3) is 2.14. The third-order valence-electron chi connectivity index (χ3n) is 2.57. The standard InChI is InChI=1S/C10H15N3O/c11-8-1-2-12-10(5-8)13-6-7-3-9(14)4-7/h1-2,5,7,9,14H,3-4,6H2,(H3,11,12,13). The van der Waals surface area contributed by atoms with Gasteiger partial charge in [-0.2, -0.15) is 0 Å². The van der Waals surface area contributed by atoms with Gasteiger partial charge in [-0.25, -0.2) is 4.98 Å². The normalized spacial score (nSPS) is 25.5. The van der Waals surface area contributed by atoms with Crippen LogP contribution < -0.4 is 11.1 Å². The monoisotopic (exact) mass is 193 g/mol. The molecule has 0 atom stereocenters. The van der Waals surface area contributed by atoms with E-state index in [1.807, 2.05) is 6.07 Å². The zero-order valence-corrected chi connectivity index (χ0v) is 7.98. The van der Waals surface area contributed by atoms with Crippen LogP contribution in [0.3, 0.4) is 0 Å². The largest absolute Gasteiger partial charge is 0.399 e. The summed E-state index contributed by atoms with van der Waals surface area (Å²) in [5, 5.41) is 12.3. The molecule has 14 heavy (non-hydrogen) atoms. The van der Waals surface area contributed by atoms with Crippen molar-refractivity contribution in [2.24, 2.45) is 5.92 Å². The second-order valence-electron chi connectivity index (χ2n) is 3.85. The molecular weight excluding hydrogens is 178 g/mol. The molecule has 1 aromatic heterocycles. The number of aromatic nitrogens is 1. The predicted molar refractivity (Wildman–Crippen MR) is 55.9 cm³/mol. The highest BCUT2D eigenvalue weighted by Gasteiger charge is 2.26. The predicted octanol–water partition coefficient (Wildman–Crippen LogP) is 0.847. The van der Waals surface area contributed by atoms with Gasteiger partial charge in [-0.05, 0) is 24.8 Å². The van der Waals surface area contributed by atoms with Crippen molar-refractivity contribution in [2.75, 3.05) is 17.6 Å². The van der Waals surface area contributed by atoms with Gasteiger partial charge in [0.2, 0.25) is 0 Å². The number of nitrogens with two attached hydrogens (primary N) is 1. The van der Waals surface area contributed by atoms with E-state index in [9.17, 15) is 0 Å². The Morgan fingerprint density at radius 2 is 2.36 bits per heavy atom. The summed E-state index contributed by atoms with van der Waals surface area (Å²) in [5.41, 5.74) is 6.33. The average molecular weight is 193 g/mol. The van der Waals surface area contributed by atoms with Gasteiger partial charge in [-0.1, -0.05) is 0 Å². The number of anilines is 2. The molecule has 2 rings (SSSR count). The molecule has 4 nitrogen and oxygen atoms in total. The summed E-state index contributed by atoms with van der Waals surface area (Å²) in [5.74, 6) is 1.39. The fourth-order valence-corrected chi connectivity index (χ4v) is 1.66. The maximum atomic E-state index is 9.10. The molecule has 0 bridgehead atoms. The lowest BCUT2D eigenvalue weighted by Gasteiger charge is -2.31. The molecule has 76 valence electrons. The Balaban J connectivity index is 1.80. The maximum Gasteiger partial charge on any atom is 0.127 e. The Morgan fingerprint density at radius 3 is 3.00 bits per heavy atom. The summed E-state index contributed by atoms with van der Waals surface area (Å²) in [6, 6.07) is 3.58. The number of rotatable bonds is 3. The Labute approximate surface area is 83.2 Å². The van der Waals surface area contributed by atoms with Crippen molar-refractivity contribution in [1.82, 2.24) is 4.98 Å². The highest BCUT2D eigenvalue weighted by Crippen LogP contribution is 2.27. The Bertz CT molecular complexity index is 310. The first-order valence-electron chi connectivity index (χ1n) is 4.87. The number of aliphatic hydroxyl groups excluding tert-OH is 1. The van der Waals surface area contributed by atoms with E-state index in [0.29, 0.717) is 5.92 Å². The second kappa shape index (κ2) is 3.84. The molecule has 0 amide bonds. The summed E-state index contributed by atoms with van der Waals surface area (Å²) in [6.07, 6.45) is 3.40.